The molecule has 0 bridgehead atoms. The molecule has 12 nitrogen and oxygen atoms in total. The highest BCUT2D eigenvalue weighted by Crippen LogP contribution is 2.41. The third kappa shape index (κ3) is 8.34. The third-order valence-corrected chi connectivity index (χ3v) is 7.14. The monoisotopic (exact) mass is 611 g/mol. The van der Waals surface area contributed by atoms with E-state index in [0.717, 1.165) is 11.1 Å². The predicted octanol–water partition coefficient (Wildman–Crippen LogP) is 2.07. The van der Waals surface area contributed by atoms with E-state index in [2.05, 4.69) is 10.6 Å². The number of likely N-dealkylation sites (tertiary alicyclic amines) is 1. The lowest BCUT2D eigenvalue weighted by Gasteiger charge is -2.35. The van der Waals surface area contributed by atoms with Crippen molar-refractivity contribution >= 4 is 23.9 Å². The molecule has 0 saturated carbocycles. The van der Waals surface area contributed by atoms with Gasteiger partial charge in [-0.1, -0.05) is 60.7 Å². The quantitative estimate of drug-likeness (QED) is 0.343. The number of ether oxygens (including phenoxy) is 4. The number of esters is 1. The fraction of sp³-hybridized carbons (Fsp3) is 0.500. The molecule has 238 valence electrons. The Hall–Kier alpha value is -4.00. The first-order valence-electron chi connectivity index (χ1n) is 14.6. The molecule has 44 heavy (non-hydrogen) atoms. The average Bonchev–Trinajstić information content (AvgIpc) is 3.43. The minimum atomic E-state index is -1.29. The second kappa shape index (κ2) is 13.7. The van der Waals surface area contributed by atoms with E-state index in [4.69, 9.17) is 18.9 Å². The molecule has 0 aromatic heterocycles. The van der Waals surface area contributed by atoms with Gasteiger partial charge in [0, 0.05) is 6.42 Å². The van der Waals surface area contributed by atoms with Crippen molar-refractivity contribution in [3.05, 3.63) is 71.8 Å². The molecule has 3 N–H and O–H groups in total. The minimum absolute atomic E-state index is 0.0313. The minimum Gasteiger partial charge on any atom is -0.460 e. The molecule has 3 amide bonds. The van der Waals surface area contributed by atoms with Gasteiger partial charge in [0.1, 0.15) is 43.0 Å². The summed E-state index contributed by atoms with van der Waals surface area (Å²) in [7, 11) is 0. The molecule has 4 rings (SSSR count). The Bertz CT molecular complexity index is 1310. The Morgan fingerprint density at radius 2 is 1.55 bits per heavy atom. The van der Waals surface area contributed by atoms with E-state index in [-0.39, 0.29) is 13.0 Å². The van der Waals surface area contributed by atoms with Gasteiger partial charge in [-0.2, -0.15) is 0 Å². The summed E-state index contributed by atoms with van der Waals surface area (Å²) in [4.78, 5) is 54.5. The van der Waals surface area contributed by atoms with Crippen LogP contribution in [-0.2, 0) is 46.4 Å². The number of nitrogens with zero attached hydrogens (tertiary/aromatic N) is 1. The van der Waals surface area contributed by atoms with Gasteiger partial charge in [0.2, 0.25) is 11.8 Å². The second-order valence-corrected chi connectivity index (χ2v) is 12.3. The van der Waals surface area contributed by atoms with Crippen molar-refractivity contribution in [1.29, 1.82) is 0 Å². The van der Waals surface area contributed by atoms with Gasteiger partial charge < -0.3 is 39.6 Å². The number of amides is 3. The van der Waals surface area contributed by atoms with Crippen molar-refractivity contribution in [2.75, 3.05) is 13.2 Å². The van der Waals surface area contributed by atoms with Crippen molar-refractivity contribution in [2.24, 2.45) is 0 Å². The number of fused-ring (bicyclic) bond motifs is 1. The van der Waals surface area contributed by atoms with E-state index in [9.17, 15) is 24.3 Å². The number of nitrogens with one attached hydrogen (secondary N) is 2. The van der Waals surface area contributed by atoms with Crippen LogP contribution in [0.15, 0.2) is 60.7 Å². The van der Waals surface area contributed by atoms with E-state index in [0.29, 0.717) is 0 Å². The Morgan fingerprint density at radius 3 is 2.14 bits per heavy atom. The van der Waals surface area contributed by atoms with Crippen LogP contribution in [0.3, 0.4) is 0 Å². The molecule has 2 saturated heterocycles. The Morgan fingerprint density at radius 1 is 0.955 bits per heavy atom. The van der Waals surface area contributed by atoms with Crippen LogP contribution < -0.4 is 10.6 Å². The van der Waals surface area contributed by atoms with Crippen LogP contribution in [-0.4, -0.2) is 88.8 Å². The van der Waals surface area contributed by atoms with Crippen LogP contribution in [0.5, 0.6) is 0 Å². The van der Waals surface area contributed by atoms with Crippen LogP contribution in [0, 0.1) is 0 Å². The van der Waals surface area contributed by atoms with Crippen molar-refractivity contribution in [3.63, 3.8) is 0 Å². The molecule has 2 aromatic rings. The number of alkyl carbamates (subject to hydrolysis) is 1. The maximum atomic E-state index is 14.3. The number of hydrogen-bond acceptors (Lipinski definition) is 9. The molecule has 0 unspecified atom stereocenters. The molecule has 2 aliphatic heterocycles. The second-order valence-electron chi connectivity index (χ2n) is 12.3. The van der Waals surface area contributed by atoms with Gasteiger partial charge in [-0.15, -0.1) is 0 Å². The average molecular weight is 612 g/mol. The first-order chi connectivity index (χ1) is 20.8. The van der Waals surface area contributed by atoms with E-state index < -0.39 is 78.8 Å². The van der Waals surface area contributed by atoms with E-state index in [1.165, 1.54) is 4.90 Å². The van der Waals surface area contributed by atoms with Gasteiger partial charge in [-0.3, -0.25) is 14.4 Å². The van der Waals surface area contributed by atoms with Crippen LogP contribution in [0.25, 0.3) is 0 Å². The molecule has 0 aliphatic carbocycles. The van der Waals surface area contributed by atoms with E-state index >= 15 is 0 Å². The lowest BCUT2D eigenvalue weighted by molar-refractivity contribution is -0.178. The molecule has 2 aromatic carbocycles. The summed E-state index contributed by atoms with van der Waals surface area (Å²) in [5, 5.41) is 15.7. The Kier molecular flexibility index (Phi) is 10.3. The van der Waals surface area contributed by atoms with Crippen LogP contribution in [0.4, 0.5) is 4.79 Å². The van der Waals surface area contributed by atoms with Crippen LogP contribution in [0.2, 0.25) is 0 Å². The number of aliphatic hydroxyl groups is 1. The fourth-order valence-corrected chi connectivity index (χ4v) is 5.38. The largest absolute Gasteiger partial charge is 0.460 e. The number of benzene rings is 2. The molecule has 2 aliphatic rings. The van der Waals surface area contributed by atoms with Gasteiger partial charge in [0.05, 0.1) is 12.6 Å². The molecular formula is C32H41N3O9. The third-order valence-electron chi connectivity index (χ3n) is 7.14. The van der Waals surface area contributed by atoms with E-state index in [1.54, 1.807) is 71.0 Å². The first kappa shape index (κ1) is 32.9. The number of hydrogen-bond donors (Lipinski definition) is 3. The lowest BCUT2D eigenvalue weighted by Crippen LogP contribution is -2.60. The zero-order chi connectivity index (χ0) is 32.1. The molecule has 2 heterocycles. The van der Waals surface area contributed by atoms with Gasteiger partial charge in [-0.25, -0.2) is 4.79 Å². The molecule has 0 spiro atoms. The van der Waals surface area contributed by atoms with Crippen LogP contribution >= 0.6 is 0 Å². The molecule has 0 radical (unpaired) electrons. The van der Waals surface area contributed by atoms with E-state index in [1.807, 2.05) is 24.3 Å². The maximum absolute atomic E-state index is 14.3. The first-order valence-corrected chi connectivity index (χ1v) is 14.6. The summed E-state index contributed by atoms with van der Waals surface area (Å²) < 4.78 is 22.8. The Labute approximate surface area is 257 Å². The van der Waals surface area contributed by atoms with Gasteiger partial charge >= 0.3 is 12.1 Å². The maximum Gasteiger partial charge on any atom is 0.408 e. The number of rotatable bonds is 10. The van der Waals surface area contributed by atoms with Gasteiger partial charge in [0.15, 0.2) is 5.79 Å². The Balaban J connectivity index is 1.57. The zero-order valence-electron chi connectivity index (χ0n) is 25.6. The fourth-order valence-electron chi connectivity index (χ4n) is 5.38. The summed E-state index contributed by atoms with van der Waals surface area (Å²) in [5.74, 6) is -3.11. The zero-order valence-corrected chi connectivity index (χ0v) is 25.6. The molecular weight excluding hydrogens is 570 g/mol. The number of carbonyl (C=O) groups excluding carboxylic acids is 4. The van der Waals surface area contributed by atoms with Gasteiger partial charge in [0.25, 0.3) is 0 Å². The smallest absolute Gasteiger partial charge is 0.408 e. The highest BCUT2D eigenvalue weighted by atomic mass is 16.8. The number of aliphatic hydroxyl groups excluding tert-OH is 1. The van der Waals surface area contributed by atoms with Crippen molar-refractivity contribution < 1.29 is 43.2 Å². The summed E-state index contributed by atoms with van der Waals surface area (Å²) in [6.07, 6.45) is -2.54. The standard InChI is InChI=1S/C32H41N3O9/c1-31(2,3)44-30(40)34-22(16-20-12-8-6-9-13-20)29(39)35-23(18-36)26-27(43-32(4,5)42-26)25(35)28(38)33-17-24(37)41-19-21-14-10-7-11-15-21/h6-15,22-23,25-27,36H,16-19H2,1-5H3,(H,33,38)(H,34,40)/t22-,23-,25-,26-,27+/m0/s1. The molecule has 5 atom stereocenters. The highest BCUT2D eigenvalue weighted by Gasteiger charge is 2.61. The lowest BCUT2D eigenvalue weighted by atomic mass is 10.0. The summed E-state index contributed by atoms with van der Waals surface area (Å²) >= 11 is 0. The SMILES string of the molecule is CC(C)(C)OC(=O)N[C@@H](Cc1ccccc1)C(=O)N1[C@H](C(=O)NCC(=O)OCc2ccccc2)[C@H]2OC(C)(C)O[C@H]2[C@@H]1CO. The topological polar surface area (TPSA) is 153 Å². The summed E-state index contributed by atoms with van der Waals surface area (Å²) in [6, 6.07) is 14.7. The summed E-state index contributed by atoms with van der Waals surface area (Å²) in [5.41, 5.74) is 0.708. The predicted molar refractivity (Wildman–Crippen MR) is 158 cm³/mol. The van der Waals surface area contributed by atoms with Crippen molar-refractivity contribution in [3.8, 4) is 0 Å². The normalized spacial score (nSPS) is 22.9. The van der Waals surface area contributed by atoms with Gasteiger partial charge in [-0.05, 0) is 45.7 Å². The molecule has 2 fully saturated rings. The van der Waals surface area contributed by atoms with Crippen molar-refractivity contribution in [2.45, 2.75) is 89.4 Å². The summed E-state index contributed by atoms with van der Waals surface area (Å²) in [6.45, 7) is 7.47. The van der Waals surface area contributed by atoms with Crippen LogP contribution in [0.1, 0.15) is 45.7 Å². The molecule has 12 heteroatoms. The van der Waals surface area contributed by atoms with Crippen molar-refractivity contribution in [1.82, 2.24) is 15.5 Å². The highest BCUT2D eigenvalue weighted by molar-refractivity contribution is 5.94. The number of carbonyl (C=O) groups is 4.